The number of carbonyl (C=O) groups is 1. The van der Waals surface area contributed by atoms with Crippen molar-refractivity contribution >= 4 is 18.4 Å². The van der Waals surface area contributed by atoms with Crippen LogP contribution in [0.4, 0.5) is 17.6 Å². The molecule has 0 unspecified atom stereocenters. The standard InChI is InChI=1S/C11H11F4NO3.ClH/c1-18-9(17)8(16)6-4-2-3-5-7(6)19-11(14,15)10(12)13;/h2-5,8,10H,16H2,1H3;1H/t8-;/m1./s1. The van der Waals surface area contributed by atoms with Gasteiger partial charge in [0.2, 0.25) is 0 Å². The molecular formula is C11H12ClF4NO3. The number of ether oxygens (including phenoxy) is 2. The molecule has 4 nitrogen and oxygen atoms in total. The third-order valence-corrected chi connectivity index (χ3v) is 2.21. The van der Waals surface area contributed by atoms with Crippen molar-refractivity contribution in [1.82, 2.24) is 0 Å². The Morgan fingerprint density at radius 1 is 1.30 bits per heavy atom. The summed E-state index contributed by atoms with van der Waals surface area (Å²) < 4.78 is 58.1. The Morgan fingerprint density at radius 3 is 2.35 bits per heavy atom. The maximum absolute atomic E-state index is 12.8. The van der Waals surface area contributed by atoms with Crippen LogP contribution in [-0.2, 0) is 9.53 Å². The molecule has 0 saturated heterocycles. The fraction of sp³-hybridized carbons (Fsp3) is 0.364. The number of benzene rings is 1. The monoisotopic (exact) mass is 317 g/mol. The Kier molecular flexibility index (Phi) is 6.74. The first-order valence-electron chi connectivity index (χ1n) is 5.07. The number of carbonyl (C=O) groups excluding carboxylic acids is 1. The van der Waals surface area contributed by atoms with Gasteiger partial charge in [-0.2, -0.15) is 17.6 Å². The maximum Gasteiger partial charge on any atom is 0.461 e. The minimum atomic E-state index is -4.67. The average molecular weight is 318 g/mol. The van der Waals surface area contributed by atoms with Crippen molar-refractivity contribution in [2.24, 2.45) is 5.73 Å². The molecule has 0 saturated carbocycles. The van der Waals surface area contributed by atoms with Gasteiger partial charge < -0.3 is 15.2 Å². The smallest absolute Gasteiger partial charge is 0.461 e. The number of para-hydroxylation sites is 1. The summed E-state index contributed by atoms with van der Waals surface area (Å²) in [5.41, 5.74) is 5.29. The third kappa shape index (κ3) is 4.24. The number of halogens is 5. The van der Waals surface area contributed by atoms with Gasteiger partial charge in [-0.25, -0.2) is 0 Å². The highest BCUT2D eigenvalue weighted by Crippen LogP contribution is 2.32. The van der Waals surface area contributed by atoms with Crippen molar-refractivity contribution in [3.8, 4) is 5.75 Å². The highest BCUT2D eigenvalue weighted by Gasteiger charge is 2.44. The lowest BCUT2D eigenvalue weighted by Gasteiger charge is -2.20. The quantitative estimate of drug-likeness (QED) is 0.669. The van der Waals surface area contributed by atoms with Gasteiger partial charge in [0, 0.05) is 5.56 Å². The van der Waals surface area contributed by atoms with Crippen LogP contribution in [-0.4, -0.2) is 25.6 Å². The normalized spacial score (nSPS) is 12.6. The van der Waals surface area contributed by atoms with Crippen molar-refractivity contribution in [3.63, 3.8) is 0 Å². The van der Waals surface area contributed by atoms with Crippen LogP contribution in [0.1, 0.15) is 11.6 Å². The minimum absolute atomic E-state index is 0. The molecule has 0 aromatic heterocycles. The molecule has 0 bridgehead atoms. The molecule has 0 amide bonds. The first-order chi connectivity index (χ1) is 8.79. The molecule has 114 valence electrons. The molecule has 1 atom stereocenters. The number of rotatable bonds is 5. The van der Waals surface area contributed by atoms with E-state index in [2.05, 4.69) is 9.47 Å². The second-order valence-electron chi connectivity index (χ2n) is 3.50. The third-order valence-electron chi connectivity index (χ3n) is 2.21. The maximum atomic E-state index is 12.8. The molecular weight excluding hydrogens is 306 g/mol. The van der Waals surface area contributed by atoms with Gasteiger partial charge in [0.05, 0.1) is 7.11 Å². The second-order valence-corrected chi connectivity index (χ2v) is 3.50. The zero-order valence-corrected chi connectivity index (χ0v) is 11.0. The first-order valence-corrected chi connectivity index (χ1v) is 5.07. The Labute approximate surface area is 118 Å². The van der Waals surface area contributed by atoms with E-state index in [1.165, 1.54) is 18.2 Å². The summed E-state index contributed by atoms with van der Waals surface area (Å²) in [5, 5.41) is 0. The van der Waals surface area contributed by atoms with E-state index in [0.29, 0.717) is 0 Å². The molecule has 1 rings (SSSR count). The van der Waals surface area contributed by atoms with E-state index in [1.807, 2.05) is 0 Å². The van der Waals surface area contributed by atoms with Crippen LogP contribution < -0.4 is 10.5 Å². The summed E-state index contributed by atoms with van der Waals surface area (Å²) in [6, 6.07) is 3.48. The van der Waals surface area contributed by atoms with Crippen molar-refractivity contribution in [3.05, 3.63) is 29.8 Å². The lowest BCUT2D eigenvalue weighted by molar-refractivity contribution is -0.253. The van der Waals surface area contributed by atoms with E-state index in [9.17, 15) is 22.4 Å². The lowest BCUT2D eigenvalue weighted by atomic mass is 10.1. The van der Waals surface area contributed by atoms with Crippen molar-refractivity contribution in [2.75, 3.05) is 7.11 Å². The SMILES string of the molecule is COC(=O)[C@H](N)c1ccccc1OC(F)(F)C(F)F.Cl. The predicted octanol–water partition coefficient (Wildman–Crippen LogP) is 2.52. The van der Waals surface area contributed by atoms with Crippen LogP contribution in [0.15, 0.2) is 24.3 Å². The van der Waals surface area contributed by atoms with Crippen LogP contribution in [0.25, 0.3) is 0 Å². The highest BCUT2D eigenvalue weighted by atomic mass is 35.5. The molecule has 9 heteroatoms. The van der Waals surface area contributed by atoms with E-state index in [0.717, 1.165) is 13.2 Å². The van der Waals surface area contributed by atoms with Crippen LogP contribution in [0.5, 0.6) is 5.75 Å². The van der Waals surface area contributed by atoms with E-state index < -0.39 is 30.3 Å². The Hall–Kier alpha value is -1.54. The van der Waals surface area contributed by atoms with Gasteiger partial charge in [-0.05, 0) is 6.07 Å². The molecule has 0 fully saturated rings. The zero-order valence-electron chi connectivity index (χ0n) is 10.2. The molecule has 0 heterocycles. The second kappa shape index (κ2) is 7.30. The van der Waals surface area contributed by atoms with E-state index in [1.54, 1.807) is 0 Å². The van der Waals surface area contributed by atoms with Gasteiger partial charge in [0.1, 0.15) is 11.8 Å². The largest absolute Gasteiger partial charge is 0.468 e. The molecule has 1 aromatic rings. The van der Waals surface area contributed by atoms with E-state index in [-0.39, 0.29) is 18.0 Å². The van der Waals surface area contributed by atoms with Crippen molar-refractivity contribution in [2.45, 2.75) is 18.6 Å². The van der Waals surface area contributed by atoms with E-state index in [4.69, 9.17) is 5.73 Å². The number of hydrogen-bond donors (Lipinski definition) is 1. The van der Waals surface area contributed by atoms with Gasteiger partial charge in [-0.1, -0.05) is 18.2 Å². The average Bonchev–Trinajstić information content (AvgIpc) is 2.37. The van der Waals surface area contributed by atoms with Gasteiger partial charge in [0.25, 0.3) is 0 Å². The Bertz CT molecular complexity index is 459. The van der Waals surface area contributed by atoms with Crippen molar-refractivity contribution < 1.29 is 31.8 Å². The van der Waals surface area contributed by atoms with Crippen LogP contribution in [0.3, 0.4) is 0 Å². The molecule has 0 radical (unpaired) electrons. The summed E-state index contributed by atoms with van der Waals surface area (Å²) in [6.07, 6.45) is -8.68. The summed E-state index contributed by atoms with van der Waals surface area (Å²) in [6.45, 7) is 0. The minimum Gasteiger partial charge on any atom is -0.468 e. The van der Waals surface area contributed by atoms with Crippen molar-refractivity contribution in [1.29, 1.82) is 0 Å². The first kappa shape index (κ1) is 18.5. The summed E-state index contributed by atoms with van der Waals surface area (Å²) >= 11 is 0. The highest BCUT2D eigenvalue weighted by molar-refractivity contribution is 5.85. The molecule has 1 aromatic carbocycles. The predicted molar refractivity (Wildman–Crippen MR) is 64.2 cm³/mol. The van der Waals surface area contributed by atoms with Crippen LogP contribution >= 0.6 is 12.4 Å². The molecule has 0 aliphatic heterocycles. The fourth-order valence-electron chi connectivity index (χ4n) is 1.28. The topological polar surface area (TPSA) is 61.5 Å². The molecule has 0 spiro atoms. The lowest BCUT2D eigenvalue weighted by Crippen LogP contribution is -2.34. The van der Waals surface area contributed by atoms with Gasteiger partial charge in [-0.3, -0.25) is 4.79 Å². The van der Waals surface area contributed by atoms with Crippen LogP contribution in [0.2, 0.25) is 0 Å². The fourth-order valence-corrected chi connectivity index (χ4v) is 1.28. The summed E-state index contributed by atoms with van der Waals surface area (Å²) in [4.78, 5) is 11.2. The molecule has 20 heavy (non-hydrogen) atoms. The number of methoxy groups -OCH3 is 1. The Morgan fingerprint density at radius 2 is 1.85 bits per heavy atom. The molecule has 0 aliphatic rings. The Balaban J connectivity index is 0.00000361. The number of esters is 1. The van der Waals surface area contributed by atoms with E-state index >= 15 is 0 Å². The number of nitrogens with two attached hydrogens (primary N) is 1. The van der Waals surface area contributed by atoms with Gasteiger partial charge >= 0.3 is 18.5 Å². The van der Waals surface area contributed by atoms with Gasteiger partial charge in [-0.15, -0.1) is 12.4 Å². The molecule has 0 aliphatic carbocycles. The number of hydrogen-bond acceptors (Lipinski definition) is 4. The number of alkyl halides is 4. The summed E-state index contributed by atoms with van der Waals surface area (Å²) in [7, 11) is 1.05. The van der Waals surface area contributed by atoms with Gasteiger partial charge in [0.15, 0.2) is 0 Å². The van der Waals surface area contributed by atoms with Crippen LogP contribution in [0, 0.1) is 0 Å². The molecule has 2 N–H and O–H groups in total. The summed E-state index contributed by atoms with van der Waals surface area (Å²) in [5.74, 6) is -1.51. The zero-order chi connectivity index (χ0) is 14.6.